The molecule has 3 aromatic heterocycles. The molecule has 0 radical (unpaired) electrons. The summed E-state index contributed by atoms with van der Waals surface area (Å²) in [5.41, 5.74) is 9.90. The Morgan fingerprint density at radius 1 is 1.17 bits per heavy atom. The zero-order chi connectivity index (χ0) is 28.9. The van der Waals surface area contributed by atoms with Gasteiger partial charge in [-0.1, -0.05) is 52.0 Å². The van der Waals surface area contributed by atoms with Crippen LogP contribution in [0.25, 0.3) is 5.65 Å². The van der Waals surface area contributed by atoms with Crippen LogP contribution in [0.2, 0.25) is 5.02 Å². The van der Waals surface area contributed by atoms with Gasteiger partial charge in [0.05, 0.1) is 15.6 Å². The summed E-state index contributed by atoms with van der Waals surface area (Å²) in [6, 6.07) is 10.1. The Bertz CT molecular complexity index is 1650. The summed E-state index contributed by atoms with van der Waals surface area (Å²) in [5.74, 6) is 0.866. The minimum atomic E-state index is -1.36. The Hall–Kier alpha value is -2.86. The van der Waals surface area contributed by atoms with Gasteiger partial charge in [-0.2, -0.15) is 0 Å². The molecule has 1 spiro atoms. The van der Waals surface area contributed by atoms with Gasteiger partial charge in [0.2, 0.25) is 5.95 Å². The molecule has 4 heterocycles. The van der Waals surface area contributed by atoms with Gasteiger partial charge in [0.1, 0.15) is 34.3 Å². The number of nitrogen functional groups attached to an aromatic ring is 1. The lowest BCUT2D eigenvalue weighted by Gasteiger charge is -2.40. The van der Waals surface area contributed by atoms with Crippen LogP contribution in [-0.2, 0) is 24.5 Å². The summed E-state index contributed by atoms with van der Waals surface area (Å²) in [4.78, 5) is 16.8. The molecule has 1 aliphatic carbocycles. The first kappa shape index (κ1) is 28.3. The highest BCUT2D eigenvalue weighted by molar-refractivity contribution is 7.99. The Morgan fingerprint density at radius 2 is 1.93 bits per heavy atom. The number of imidazole rings is 1. The molecule has 6 rings (SSSR count). The van der Waals surface area contributed by atoms with Crippen LogP contribution in [0.5, 0.6) is 0 Å². The molecule has 1 saturated heterocycles. The summed E-state index contributed by atoms with van der Waals surface area (Å²) in [5, 5.41) is 0.319. The molecular weight excluding hydrogens is 581 g/mol. The number of nitrogens with zero attached hydrogens (tertiary/aromatic N) is 6. The van der Waals surface area contributed by atoms with Crippen LogP contribution in [0.3, 0.4) is 0 Å². The van der Waals surface area contributed by atoms with E-state index in [-0.39, 0.29) is 11.2 Å². The van der Waals surface area contributed by atoms with Crippen LogP contribution in [0, 0.1) is 5.41 Å². The van der Waals surface area contributed by atoms with E-state index in [0.717, 1.165) is 30.5 Å². The van der Waals surface area contributed by atoms with Crippen molar-refractivity contribution in [2.24, 2.45) is 9.81 Å². The Kier molecular flexibility index (Phi) is 7.42. The summed E-state index contributed by atoms with van der Waals surface area (Å²) < 4.78 is 34.0. The normalized spacial score (nSPS) is 18.4. The van der Waals surface area contributed by atoms with E-state index in [1.165, 1.54) is 17.3 Å². The van der Waals surface area contributed by atoms with Crippen molar-refractivity contribution >= 4 is 57.8 Å². The third kappa shape index (κ3) is 5.07. The van der Waals surface area contributed by atoms with Gasteiger partial charge in [-0.15, -0.1) is 0 Å². The second-order valence-electron chi connectivity index (χ2n) is 11.5. The zero-order valence-electron chi connectivity index (χ0n) is 23.1. The van der Waals surface area contributed by atoms with E-state index < -0.39 is 22.8 Å². The SMILES string of the molecule is CC(C)(C)[S+]([O-])N=C1c2ccccc2CC12CCN(c1nc(CF)c(Sc3ccnc(N)c3Cl)c3nccn13)CC2. The fourth-order valence-electron chi connectivity index (χ4n) is 5.59. The maximum Gasteiger partial charge on any atom is 0.211 e. The number of nitrogens with two attached hydrogens (primary N) is 1. The number of hydrogen-bond donors (Lipinski definition) is 1. The van der Waals surface area contributed by atoms with Crippen molar-refractivity contribution in [3.05, 3.63) is 70.8 Å². The topological polar surface area (TPSA) is 108 Å². The van der Waals surface area contributed by atoms with Crippen molar-refractivity contribution in [3.63, 3.8) is 0 Å². The molecule has 1 unspecified atom stereocenters. The number of aromatic nitrogens is 4. The van der Waals surface area contributed by atoms with Gasteiger partial charge in [-0.25, -0.2) is 19.3 Å². The lowest BCUT2D eigenvalue weighted by atomic mass is 9.74. The molecule has 1 atom stereocenters. The molecule has 2 aliphatic rings. The minimum Gasteiger partial charge on any atom is -0.591 e. The molecule has 0 bridgehead atoms. The molecule has 2 N–H and O–H groups in total. The van der Waals surface area contributed by atoms with Gasteiger partial charge >= 0.3 is 0 Å². The molecule has 4 aromatic rings. The predicted octanol–water partition coefficient (Wildman–Crippen LogP) is 6.07. The van der Waals surface area contributed by atoms with Crippen molar-refractivity contribution in [2.45, 2.75) is 61.2 Å². The monoisotopic (exact) mass is 611 g/mol. The van der Waals surface area contributed by atoms with E-state index in [1.807, 2.05) is 37.4 Å². The number of hydrogen-bond acceptors (Lipinski definition) is 8. The van der Waals surface area contributed by atoms with Crippen LogP contribution in [0.15, 0.2) is 63.1 Å². The molecule has 1 aliphatic heterocycles. The van der Waals surface area contributed by atoms with Crippen molar-refractivity contribution in [3.8, 4) is 0 Å². The second kappa shape index (κ2) is 10.8. The molecule has 1 fully saturated rings. The molecule has 41 heavy (non-hydrogen) atoms. The molecule has 214 valence electrons. The van der Waals surface area contributed by atoms with Crippen molar-refractivity contribution in [1.29, 1.82) is 0 Å². The Labute approximate surface area is 251 Å². The summed E-state index contributed by atoms with van der Waals surface area (Å²) in [6.45, 7) is 6.49. The number of anilines is 2. The van der Waals surface area contributed by atoms with Crippen LogP contribution in [0.4, 0.5) is 16.2 Å². The standard InChI is InChI=1S/C29H31ClFN7OS2/c1-28(2,3)41(39)36-24-19-7-5-4-6-18(19)16-29(24)9-13-37(14-10-29)27-35-20(17-31)23(26-34-12-15-38(26)27)40-21-8-11-33-25(32)22(21)30/h4-8,11-12,15H,9-10,13-14,16-17H2,1-3H3,(H2,32,33). The number of rotatable bonds is 5. The molecule has 8 nitrogen and oxygen atoms in total. The molecule has 1 aromatic carbocycles. The first-order chi connectivity index (χ1) is 19.6. The lowest BCUT2D eigenvalue weighted by Crippen LogP contribution is -2.45. The highest BCUT2D eigenvalue weighted by atomic mass is 35.5. The van der Waals surface area contributed by atoms with Crippen LogP contribution in [0.1, 0.15) is 50.4 Å². The van der Waals surface area contributed by atoms with Crippen molar-refractivity contribution in [1.82, 2.24) is 19.4 Å². The van der Waals surface area contributed by atoms with E-state index in [0.29, 0.717) is 45.2 Å². The van der Waals surface area contributed by atoms with Gasteiger partial charge in [-0.05, 0) is 51.7 Å². The maximum absolute atomic E-state index is 14.5. The predicted molar refractivity (Wildman–Crippen MR) is 164 cm³/mol. The average molecular weight is 612 g/mol. The van der Waals surface area contributed by atoms with Gasteiger partial charge < -0.3 is 15.2 Å². The minimum absolute atomic E-state index is 0.202. The van der Waals surface area contributed by atoms with Gasteiger partial charge in [-0.3, -0.25) is 4.40 Å². The van der Waals surface area contributed by atoms with Crippen LogP contribution in [-0.4, -0.2) is 47.5 Å². The number of alkyl halides is 1. The van der Waals surface area contributed by atoms with Gasteiger partial charge in [0.25, 0.3) is 0 Å². The Balaban J connectivity index is 1.33. The average Bonchev–Trinajstić information content (AvgIpc) is 3.55. The largest absolute Gasteiger partial charge is 0.591 e. The highest BCUT2D eigenvalue weighted by Gasteiger charge is 2.47. The first-order valence-electron chi connectivity index (χ1n) is 13.5. The van der Waals surface area contributed by atoms with Gasteiger partial charge in [0.15, 0.2) is 5.65 Å². The maximum atomic E-state index is 14.5. The third-order valence-electron chi connectivity index (χ3n) is 7.78. The highest BCUT2D eigenvalue weighted by Crippen LogP contribution is 2.47. The summed E-state index contributed by atoms with van der Waals surface area (Å²) >= 11 is 6.31. The molecule has 0 amide bonds. The van der Waals surface area contributed by atoms with E-state index >= 15 is 0 Å². The molecular formula is C29H31ClFN7OS2. The smallest absolute Gasteiger partial charge is 0.211 e. The first-order valence-corrected chi connectivity index (χ1v) is 15.8. The number of fused-ring (bicyclic) bond motifs is 2. The van der Waals surface area contributed by atoms with E-state index in [1.54, 1.807) is 18.5 Å². The lowest BCUT2D eigenvalue weighted by molar-refractivity contribution is 0.328. The fraction of sp³-hybridized carbons (Fsp3) is 0.379. The number of pyridine rings is 1. The van der Waals surface area contributed by atoms with Gasteiger partial charge in [0, 0.05) is 47.6 Å². The van der Waals surface area contributed by atoms with E-state index in [4.69, 9.17) is 26.7 Å². The summed E-state index contributed by atoms with van der Waals surface area (Å²) in [6.07, 6.45) is 7.61. The third-order valence-corrected chi connectivity index (χ3v) is 10.9. The van der Waals surface area contributed by atoms with Crippen LogP contribution < -0.4 is 10.6 Å². The van der Waals surface area contributed by atoms with Crippen LogP contribution >= 0.6 is 23.4 Å². The summed E-state index contributed by atoms with van der Waals surface area (Å²) in [7, 11) is 0. The van der Waals surface area contributed by atoms with Crippen molar-refractivity contribution < 1.29 is 8.94 Å². The molecule has 12 heteroatoms. The fourth-order valence-corrected chi connectivity index (χ4v) is 7.55. The number of benzene rings is 1. The number of halogens is 2. The zero-order valence-corrected chi connectivity index (χ0v) is 25.5. The molecule has 0 saturated carbocycles. The Morgan fingerprint density at radius 3 is 2.66 bits per heavy atom. The van der Waals surface area contributed by atoms with E-state index in [9.17, 15) is 8.94 Å². The van der Waals surface area contributed by atoms with E-state index in [2.05, 4.69) is 33.1 Å². The second-order valence-corrected chi connectivity index (χ2v) is 14.8. The number of piperidine rings is 1. The quantitative estimate of drug-likeness (QED) is 0.273. The van der Waals surface area contributed by atoms with Crippen molar-refractivity contribution in [2.75, 3.05) is 23.7 Å².